The van der Waals surface area contributed by atoms with Crippen LogP contribution in [0.3, 0.4) is 0 Å². The lowest BCUT2D eigenvalue weighted by molar-refractivity contribution is 0.302. The fourth-order valence-electron chi connectivity index (χ4n) is 2.45. The van der Waals surface area contributed by atoms with Crippen molar-refractivity contribution in [1.82, 2.24) is 15.5 Å². The fourth-order valence-corrected chi connectivity index (χ4v) is 3.37. The Morgan fingerprint density at radius 2 is 2.00 bits per heavy atom. The minimum atomic E-state index is -0.160. The largest absolute Gasteiger partial charge is 0.356 e. The van der Waals surface area contributed by atoms with E-state index in [4.69, 9.17) is 0 Å². The molecule has 1 aromatic carbocycles. The Bertz CT molecular complexity index is 640. The van der Waals surface area contributed by atoms with Crippen LogP contribution < -0.4 is 10.6 Å². The molecule has 0 fully saturated rings. The molecule has 2 rings (SSSR count). The van der Waals surface area contributed by atoms with Gasteiger partial charge in [-0.25, -0.2) is 4.39 Å². The number of aliphatic imine (C=N–C) groups is 1. The molecule has 130 valence electrons. The van der Waals surface area contributed by atoms with Gasteiger partial charge in [-0.15, -0.1) is 11.3 Å². The topological polar surface area (TPSA) is 39.7 Å². The predicted octanol–water partition coefficient (Wildman–Crippen LogP) is 2.90. The smallest absolute Gasteiger partial charge is 0.191 e. The van der Waals surface area contributed by atoms with Gasteiger partial charge in [-0.05, 0) is 43.6 Å². The number of likely N-dealkylation sites (N-methyl/N-ethyl adjacent to an activating group) is 1. The molecule has 24 heavy (non-hydrogen) atoms. The Kier molecular flexibility index (Phi) is 7.21. The minimum Gasteiger partial charge on any atom is -0.356 e. The highest BCUT2D eigenvalue weighted by atomic mass is 32.1. The highest BCUT2D eigenvalue weighted by molar-refractivity contribution is 7.10. The van der Waals surface area contributed by atoms with Crippen molar-refractivity contribution in [2.45, 2.75) is 12.5 Å². The highest BCUT2D eigenvalue weighted by Gasteiger charge is 2.15. The third-order valence-corrected chi connectivity index (χ3v) is 4.80. The van der Waals surface area contributed by atoms with E-state index in [-0.39, 0.29) is 11.9 Å². The van der Waals surface area contributed by atoms with Crippen LogP contribution in [0, 0.1) is 5.82 Å². The van der Waals surface area contributed by atoms with Crippen molar-refractivity contribution in [3.05, 3.63) is 58.0 Å². The zero-order chi connectivity index (χ0) is 17.4. The Labute approximate surface area is 147 Å². The molecule has 1 heterocycles. The standard InChI is InChI=1S/C18H25FN4S/c1-20-18(21-11-10-14-7-4-5-8-15(14)19)22-13-16(23(2)3)17-9-6-12-24-17/h4-9,12,16H,10-11,13H2,1-3H3,(H2,20,21,22). The molecule has 2 N–H and O–H groups in total. The third kappa shape index (κ3) is 5.32. The molecule has 6 heteroatoms. The van der Waals surface area contributed by atoms with Crippen LogP contribution in [0.1, 0.15) is 16.5 Å². The summed E-state index contributed by atoms with van der Waals surface area (Å²) >= 11 is 1.75. The molecular formula is C18H25FN4S. The van der Waals surface area contributed by atoms with Crippen LogP contribution in [0.5, 0.6) is 0 Å². The lowest BCUT2D eigenvalue weighted by Crippen LogP contribution is -2.42. The molecule has 0 aliphatic rings. The van der Waals surface area contributed by atoms with Crippen LogP contribution in [0.15, 0.2) is 46.8 Å². The molecule has 4 nitrogen and oxygen atoms in total. The van der Waals surface area contributed by atoms with Crippen LogP contribution in [-0.2, 0) is 6.42 Å². The molecule has 0 aliphatic heterocycles. The second kappa shape index (κ2) is 9.39. The zero-order valence-corrected chi connectivity index (χ0v) is 15.2. The number of benzene rings is 1. The zero-order valence-electron chi connectivity index (χ0n) is 14.4. The van der Waals surface area contributed by atoms with Gasteiger partial charge in [-0.1, -0.05) is 24.3 Å². The molecule has 0 radical (unpaired) electrons. The van der Waals surface area contributed by atoms with E-state index in [0.29, 0.717) is 18.5 Å². The maximum absolute atomic E-state index is 13.6. The van der Waals surface area contributed by atoms with Gasteiger partial charge < -0.3 is 15.5 Å². The predicted molar refractivity (Wildman–Crippen MR) is 100 cm³/mol. The quantitative estimate of drug-likeness (QED) is 0.597. The van der Waals surface area contributed by atoms with Gasteiger partial charge in [0.25, 0.3) is 0 Å². The molecule has 0 spiro atoms. The average Bonchev–Trinajstić information content (AvgIpc) is 3.09. The number of thiophene rings is 1. The van der Waals surface area contributed by atoms with Crippen molar-refractivity contribution in [2.75, 3.05) is 34.2 Å². The molecule has 1 aromatic heterocycles. The molecule has 1 unspecified atom stereocenters. The average molecular weight is 348 g/mol. The first-order valence-electron chi connectivity index (χ1n) is 7.99. The summed E-state index contributed by atoms with van der Waals surface area (Å²) < 4.78 is 13.6. The van der Waals surface area contributed by atoms with Gasteiger partial charge in [0.15, 0.2) is 5.96 Å². The van der Waals surface area contributed by atoms with Gasteiger partial charge in [0.1, 0.15) is 5.82 Å². The summed E-state index contributed by atoms with van der Waals surface area (Å²) in [4.78, 5) is 7.74. The van der Waals surface area contributed by atoms with E-state index in [1.807, 2.05) is 12.1 Å². The first-order chi connectivity index (χ1) is 11.6. The second-order valence-electron chi connectivity index (χ2n) is 5.72. The van der Waals surface area contributed by atoms with E-state index >= 15 is 0 Å². The van der Waals surface area contributed by atoms with Gasteiger partial charge >= 0.3 is 0 Å². The minimum absolute atomic E-state index is 0.160. The molecule has 0 aliphatic carbocycles. The van der Waals surface area contributed by atoms with Gasteiger partial charge in [0.2, 0.25) is 0 Å². The van der Waals surface area contributed by atoms with E-state index in [1.165, 1.54) is 10.9 Å². The summed E-state index contributed by atoms with van der Waals surface area (Å²) in [5.74, 6) is 0.572. The maximum Gasteiger partial charge on any atom is 0.191 e. The molecule has 0 saturated heterocycles. The number of hydrogen-bond donors (Lipinski definition) is 2. The number of nitrogens with one attached hydrogen (secondary N) is 2. The first-order valence-corrected chi connectivity index (χ1v) is 8.87. The van der Waals surface area contributed by atoms with Gasteiger partial charge in [-0.2, -0.15) is 0 Å². The lowest BCUT2D eigenvalue weighted by Gasteiger charge is -2.24. The Balaban J connectivity index is 1.83. The molecule has 1 atom stereocenters. The van der Waals surface area contributed by atoms with Crippen molar-refractivity contribution in [2.24, 2.45) is 4.99 Å². The number of rotatable bonds is 7. The molecule has 0 amide bonds. The van der Waals surface area contributed by atoms with E-state index in [0.717, 1.165) is 12.5 Å². The maximum atomic E-state index is 13.6. The summed E-state index contributed by atoms with van der Waals surface area (Å²) in [7, 11) is 5.88. The first kappa shape index (κ1) is 18.4. The molecule has 0 saturated carbocycles. The summed E-state index contributed by atoms with van der Waals surface area (Å²) in [6.07, 6.45) is 0.620. The monoisotopic (exact) mass is 348 g/mol. The molecular weight excluding hydrogens is 323 g/mol. The number of hydrogen-bond acceptors (Lipinski definition) is 3. The van der Waals surface area contributed by atoms with Crippen molar-refractivity contribution in [3.8, 4) is 0 Å². The number of nitrogens with zero attached hydrogens (tertiary/aromatic N) is 2. The summed E-state index contributed by atoms with van der Waals surface area (Å²) in [5.41, 5.74) is 0.713. The van der Waals surface area contributed by atoms with Crippen LogP contribution in [0.4, 0.5) is 4.39 Å². The van der Waals surface area contributed by atoms with Crippen LogP contribution >= 0.6 is 11.3 Å². The lowest BCUT2D eigenvalue weighted by atomic mass is 10.1. The summed E-state index contributed by atoms with van der Waals surface area (Å²) in [6, 6.07) is 11.4. The second-order valence-corrected chi connectivity index (χ2v) is 6.70. The van der Waals surface area contributed by atoms with Crippen LogP contribution in [0.25, 0.3) is 0 Å². The van der Waals surface area contributed by atoms with E-state index in [2.05, 4.69) is 52.1 Å². The van der Waals surface area contributed by atoms with Gasteiger partial charge in [-0.3, -0.25) is 4.99 Å². The van der Waals surface area contributed by atoms with Crippen molar-refractivity contribution in [1.29, 1.82) is 0 Å². The normalized spacial score (nSPS) is 13.1. The van der Waals surface area contributed by atoms with Crippen molar-refractivity contribution in [3.63, 3.8) is 0 Å². The SMILES string of the molecule is CN=C(NCCc1ccccc1F)NCC(c1cccs1)N(C)C. The molecule has 0 bridgehead atoms. The highest BCUT2D eigenvalue weighted by Crippen LogP contribution is 2.22. The van der Waals surface area contributed by atoms with Crippen LogP contribution in [-0.4, -0.2) is 45.1 Å². The Hall–Kier alpha value is -1.92. The number of halogens is 1. The van der Waals surface area contributed by atoms with E-state index < -0.39 is 0 Å². The van der Waals surface area contributed by atoms with E-state index in [9.17, 15) is 4.39 Å². The van der Waals surface area contributed by atoms with Crippen LogP contribution in [0.2, 0.25) is 0 Å². The number of guanidine groups is 1. The Morgan fingerprint density at radius 3 is 2.62 bits per heavy atom. The van der Waals surface area contributed by atoms with E-state index in [1.54, 1.807) is 24.5 Å². The van der Waals surface area contributed by atoms with Crippen molar-refractivity contribution < 1.29 is 4.39 Å². The fraction of sp³-hybridized carbons (Fsp3) is 0.389. The molecule has 2 aromatic rings. The van der Waals surface area contributed by atoms with Crippen molar-refractivity contribution >= 4 is 17.3 Å². The van der Waals surface area contributed by atoms with Gasteiger partial charge in [0.05, 0.1) is 6.04 Å². The summed E-state index contributed by atoms with van der Waals surface area (Å²) in [5, 5.41) is 8.68. The Morgan fingerprint density at radius 1 is 1.21 bits per heavy atom. The summed E-state index contributed by atoms with van der Waals surface area (Å²) in [6.45, 7) is 1.39. The third-order valence-electron chi connectivity index (χ3n) is 3.83. The van der Waals surface area contributed by atoms with Gasteiger partial charge in [0, 0.05) is 25.0 Å².